The van der Waals surface area contributed by atoms with Crippen LogP contribution in [0.25, 0.3) is 0 Å². The second-order valence-corrected chi connectivity index (χ2v) is 7.97. The second-order valence-electron chi connectivity index (χ2n) is 7.97. The van der Waals surface area contributed by atoms with Crippen molar-refractivity contribution in [1.82, 2.24) is 14.7 Å². The summed E-state index contributed by atoms with van der Waals surface area (Å²) < 4.78 is 33.3. The zero-order valence-corrected chi connectivity index (χ0v) is 19.1. The third kappa shape index (κ3) is 7.96. The van der Waals surface area contributed by atoms with Crippen molar-refractivity contribution >= 4 is 23.3 Å². The van der Waals surface area contributed by atoms with Crippen LogP contribution in [0.2, 0.25) is 0 Å². The fraction of sp³-hybridized carbons (Fsp3) is 0.292. The van der Waals surface area contributed by atoms with Crippen molar-refractivity contribution in [2.45, 2.75) is 19.4 Å². The summed E-state index contributed by atoms with van der Waals surface area (Å²) >= 11 is 0. The zero-order chi connectivity index (χ0) is 24.5. The number of carbonyl (C=O) groups excluding carboxylic acids is 1. The van der Waals surface area contributed by atoms with E-state index in [-0.39, 0.29) is 23.6 Å². The lowest BCUT2D eigenvalue weighted by Gasteiger charge is -2.11. The number of nitrogens with one attached hydrogen (secondary N) is 2. The molecule has 2 N–H and O–H groups in total. The van der Waals surface area contributed by atoms with Crippen LogP contribution in [-0.4, -0.2) is 48.0 Å². The van der Waals surface area contributed by atoms with E-state index in [1.165, 1.54) is 16.8 Å². The lowest BCUT2D eigenvalue weighted by Crippen LogP contribution is -2.23. The van der Waals surface area contributed by atoms with Crippen molar-refractivity contribution < 1.29 is 18.3 Å². The van der Waals surface area contributed by atoms with Crippen LogP contribution in [0.1, 0.15) is 18.4 Å². The van der Waals surface area contributed by atoms with E-state index in [9.17, 15) is 18.4 Å². The molecule has 0 saturated heterocycles. The molecule has 0 aliphatic carbocycles. The van der Waals surface area contributed by atoms with Crippen LogP contribution >= 0.6 is 0 Å². The number of rotatable bonds is 10. The highest BCUT2D eigenvalue weighted by Gasteiger charge is 2.07. The van der Waals surface area contributed by atoms with E-state index in [2.05, 4.69) is 20.6 Å². The molecule has 0 bridgehead atoms. The number of benzene rings is 2. The van der Waals surface area contributed by atoms with Crippen molar-refractivity contribution in [3.63, 3.8) is 0 Å². The number of unbranched alkanes of at least 4 members (excludes halogenated alkanes) is 1. The smallest absolute Gasteiger partial charge is 0.411 e. The van der Waals surface area contributed by atoms with Crippen molar-refractivity contribution in [3.05, 3.63) is 82.1 Å². The number of ether oxygens (including phenoxy) is 1. The van der Waals surface area contributed by atoms with Gasteiger partial charge in [0.05, 0.1) is 13.2 Å². The minimum atomic E-state index is -0.729. The summed E-state index contributed by atoms with van der Waals surface area (Å²) in [4.78, 5) is 26.4. The molecule has 1 amide bonds. The lowest BCUT2D eigenvalue weighted by molar-refractivity contribution is 0.158. The maximum Gasteiger partial charge on any atom is 0.411 e. The molecule has 1 heterocycles. The highest BCUT2D eigenvalue weighted by Crippen LogP contribution is 2.17. The number of aromatic nitrogens is 2. The summed E-state index contributed by atoms with van der Waals surface area (Å²) in [6, 6.07) is 12.7. The summed E-state index contributed by atoms with van der Waals surface area (Å²) in [7, 11) is 3.98. The average Bonchev–Trinajstić information content (AvgIpc) is 2.75. The van der Waals surface area contributed by atoms with Crippen LogP contribution in [0.5, 0.6) is 0 Å². The van der Waals surface area contributed by atoms with Gasteiger partial charge in [-0.05, 0) is 69.4 Å². The molecule has 0 saturated carbocycles. The number of hydrogen-bond acceptors (Lipinski definition) is 6. The number of anilines is 3. The van der Waals surface area contributed by atoms with E-state index in [0.717, 1.165) is 37.6 Å². The number of nitrogens with zero attached hydrogens (tertiary/aromatic N) is 3. The van der Waals surface area contributed by atoms with Crippen molar-refractivity contribution in [1.29, 1.82) is 0 Å². The maximum absolute atomic E-state index is 13.4. The van der Waals surface area contributed by atoms with Crippen LogP contribution in [0.4, 0.5) is 30.8 Å². The van der Waals surface area contributed by atoms with Crippen LogP contribution < -0.4 is 16.2 Å². The number of hydrogen-bond donors (Lipinski definition) is 2. The van der Waals surface area contributed by atoms with Crippen LogP contribution in [0.3, 0.4) is 0 Å². The Kier molecular flexibility index (Phi) is 8.69. The fourth-order valence-electron chi connectivity index (χ4n) is 3.17. The van der Waals surface area contributed by atoms with E-state index in [4.69, 9.17) is 4.74 Å². The maximum atomic E-state index is 13.4. The van der Waals surface area contributed by atoms with Gasteiger partial charge in [-0.3, -0.25) is 10.1 Å². The quantitative estimate of drug-likeness (QED) is 0.431. The molecule has 2 aromatic carbocycles. The molecule has 0 aliphatic rings. The Morgan fingerprint density at radius 2 is 1.79 bits per heavy atom. The van der Waals surface area contributed by atoms with E-state index in [1.807, 2.05) is 14.1 Å². The van der Waals surface area contributed by atoms with E-state index >= 15 is 0 Å². The van der Waals surface area contributed by atoms with Gasteiger partial charge in [-0.15, -0.1) is 0 Å². The van der Waals surface area contributed by atoms with Crippen LogP contribution in [0, 0.1) is 11.6 Å². The molecule has 10 heteroatoms. The first-order valence-electron chi connectivity index (χ1n) is 10.8. The molecule has 0 fully saturated rings. The van der Waals surface area contributed by atoms with Gasteiger partial charge in [0.25, 0.3) is 5.56 Å². The molecule has 3 rings (SSSR count). The molecule has 0 unspecified atom stereocenters. The number of carbonyl (C=O) groups is 1. The minimum Gasteiger partial charge on any atom is -0.449 e. The fourth-order valence-corrected chi connectivity index (χ4v) is 3.17. The zero-order valence-electron chi connectivity index (χ0n) is 19.1. The first-order chi connectivity index (χ1) is 16.3. The summed E-state index contributed by atoms with van der Waals surface area (Å²) in [5.74, 6) is -1.21. The van der Waals surface area contributed by atoms with Gasteiger partial charge in [0.15, 0.2) is 5.82 Å². The normalized spacial score (nSPS) is 10.9. The highest BCUT2D eigenvalue weighted by atomic mass is 19.1. The highest BCUT2D eigenvalue weighted by molar-refractivity contribution is 5.84. The third-order valence-corrected chi connectivity index (χ3v) is 4.74. The molecule has 0 spiro atoms. The van der Waals surface area contributed by atoms with Gasteiger partial charge in [-0.1, -0.05) is 12.1 Å². The predicted octanol–water partition coefficient (Wildman–Crippen LogP) is 4.20. The van der Waals surface area contributed by atoms with Gasteiger partial charge in [0.2, 0.25) is 0 Å². The largest absolute Gasteiger partial charge is 0.449 e. The molecule has 180 valence electrons. The van der Waals surface area contributed by atoms with E-state index < -0.39 is 17.7 Å². The SMILES string of the molecule is CN(C)CCCCOC(=O)Nc1cccc(Cn2nc(Nc3cc(F)cc(F)c3)ccc2=O)c1. The Morgan fingerprint density at radius 3 is 2.53 bits per heavy atom. The van der Waals surface area contributed by atoms with Gasteiger partial charge in [-0.25, -0.2) is 18.3 Å². The molecule has 8 nitrogen and oxygen atoms in total. The van der Waals surface area contributed by atoms with Crippen molar-refractivity contribution in [3.8, 4) is 0 Å². The van der Waals surface area contributed by atoms with Gasteiger partial charge < -0.3 is 15.0 Å². The first kappa shape index (κ1) is 24.8. The van der Waals surface area contributed by atoms with E-state index in [1.54, 1.807) is 24.3 Å². The van der Waals surface area contributed by atoms with E-state index in [0.29, 0.717) is 17.9 Å². The minimum absolute atomic E-state index is 0.126. The molecule has 3 aromatic rings. The number of amides is 1. The Bertz CT molecular complexity index is 1160. The molecular formula is C24H27F2N5O3. The third-order valence-electron chi connectivity index (χ3n) is 4.74. The predicted molar refractivity (Wildman–Crippen MR) is 126 cm³/mol. The summed E-state index contributed by atoms with van der Waals surface area (Å²) in [6.45, 7) is 1.38. The van der Waals surface area contributed by atoms with Gasteiger partial charge in [0.1, 0.15) is 11.6 Å². The Labute approximate surface area is 196 Å². The molecule has 1 aromatic heterocycles. The topological polar surface area (TPSA) is 88.5 Å². The van der Waals surface area contributed by atoms with Gasteiger partial charge >= 0.3 is 6.09 Å². The summed E-state index contributed by atoms with van der Waals surface area (Å²) in [5, 5.41) is 9.67. The standard InChI is InChI=1S/C24H27F2N5O3/c1-30(2)10-3-4-11-34-24(33)28-20-7-5-6-17(12-20)16-31-23(32)9-8-22(29-31)27-21-14-18(25)13-19(26)15-21/h5-9,12-15H,3-4,10-11,16H2,1-2H3,(H,27,29)(H,28,33). The Morgan fingerprint density at radius 1 is 1.03 bits per heavy atom. The van der Waals surface area contributed by atoms with Gasteiger partial charge in [0, 0.05) is 23.5 Å². The summed E-state index contributed by atoms with van der Waals surface area (Å²) in [5.41, 5.74) is 1.05. The monoisotopic (exact) mass is 471 g/mol. The lowest BCUT2D eigenvalue weighted by atomic mass is 10.2. The molecule has 34 heavy (non-hydrogen) atoms. The van der Waals surface area contributed by atoms with Crippen molar-refractivity contribution in [2.75, 3.05) is 37.9 Å². The van der Waals surface area contributed by atoms with Crippen molar-refractivity contribution in [2.24, 2.45) is 0 Å². The molecule has 0 radical (unpaired) electrons. The molecule has 0 atom stereocenters. The van der Waals surface area contributed by atoms with Crippen LogP contribution in [-0.2, 0) is 11.3 Å². The molecular weight excluding hydrogens is 444 g/mol. The summed E-state index contributed by atoms with van der Waals surface area (Å²) in [6.07, 6.45) is 1.15. The van der Waals surface area contributed by atoms with Crippen LogP contribution in [0.15, 0.2) is 59.4 Å². The number of halogens is 2. The molecule has 0 aliphatic heterocycles. The first-order valence-corrected chi connectivity index (χ1v) is 10.8. The average molecular weight is 472 g/mol. The Balaban J connectivity index is 1.61. The second kappa shape index (κ2) is 11.9. The Hall–Kier alpha value is -3.79. The van der Waals surface area contributed by atoms with Gasteiger partial charge in [-0.2, -0.15) is 5.10 Å².